The highest BCUT2D eigenvalue weighted by Gasteiger charge is 2.51. The van der Waals surface area contributed by atoms with Crippen molar-refractivity contribution in [1.29, 1.82) is 0 Å². The van der Waals surface area contributed by atoms with Gasteiger partial charge < -0.3 is 14.6 Å². The SMILES string of the molecule is CNc1cncc(B2OC(C)(C)C(C)(C)O2)c1. The van der Waals surface area contributed by atoms with Crippen molar-refractivity contribution in [2.45, 2.75) is 38.9 Å². The van der Waals surface area contributed by atoms with E-state index < -0.39 is 0 Å². The van der Waals surface area contributed by atoms with Crippen LogP contribution < -0.4 is 10.8 Å². The fourth-order valence-corrected chi connectivity index (χ4v) is 1.70. The second-order valence-corrected chi connectivity index (χ2v) is 5.35. The number of hydrogen-bond donors (Lipinski definition) is 1. The maximum absolute atomic E-state index is 5.96. The van der Waals surface area contributed by atoms with Crippen molar-refractivity contribution in [3.8, 4) is 0 Å². The van der Waals surface area contributed by atoms with Crippen LogP contribution in [0, 0.1) is 0 Å². The lowest BCUT2D eigenvalue weighted by molar-refractivity contribution is 0.00578. The summed E-state index contributed by atoms with van der Waals surface area (Å²) < 4.78 is 11.9. The maximum Gasteiger partial charge on any atom is 0.496 e. The summed E-state index contributed by atoms with van der Waals surface area (Å²) in [6, 6.07) is 2.00. The molecular weight excluding hydrogens is 215 g/mol. The van der Waals surface area contributed by atoms with Crippen LogP contribution in [0.2, 0.25) is 0 Å². The third-order valence-electron chi connectivity index (χ3n) is 3.57. The summed E-state index contributed by atoms with van der Waals surface area (Å²) in [6.45, 7) is 8.18. The highest BCUT2D eigenvalue weighted by Crippen LogP contribution is 2.36. The quantitative estimate of drug-likeness (QED) is 0.786. The van der Waals surface area contributed by atoms with Gasteiger partial charge in [0.25, 0.3) is 0 Å². The molecule has 1 saturated heterocycles. The molecule has 0 aliphatic carbocycles. The Morgan fingerprint density at radius 1 is 1.12 bits per heavy atom. The van der Waals surface area contributed by atoms with Crippen LogP contribution in [-0.4, -0.2) is 30.4 Å². The average molecular weight is 234 g/mol. The highest BCUT2D eigenvalue weighted by molar-refractivity contribution is 6.62. The van der Waals surface area contributed by atoms with Crippen LogP contribution in [-0.2, 0) is 9.31 Å². The molecule has 0 saturated carbocycles. The van der Waals surface area contributed by atoms with Crippen LogP contribution in [0.5, 0.6) is 0 Å². The Morgan fingerprint density at radius 2 is 1.71 bits per heavy atom. The zero-order valence-electron chi connectivity index (χ0n) is 11.1. The van der Waals surface area contributed by atoms with Gasteiger partial charge in [0.2, 0.25) is 0 Å². The summed E-state index contributed by atoms with van der Waals surface area (Å²) in [5.74, 6) is 0. The van der Waals surface area contributed by atoms with Crippen LogP contribution in [0.4, 0.5) is 5.69 Å². The maximum atomic E-state index is 5.96. The van der Waals surface area contributed by atoms with E-state index in [0.29, 0.717) is 0 Å². The number of rotatable bonds is 2. The van der Waals surface area contributed by atoms with Crippen molar-refractivity contribution in [3.05, 3.63) is 18.5 Å². The van der Waals surface area contributed by atoms with Gasteiger partial charge in [0.15, 0.2) is 0 Å². The first-order chi connectivity index (χ1) is 7.86. The molecule has 92 valence electrons. The molecule has 0 atom stereocenters. The van der Waals surface area contributed by atoms with E-state index >= 15 is 0 Å². The third-order valence-corrected chi connectivity index (χ3v) is 3.57. The van der Waals surface area contributed by atoms with Crippen molar-refractivity contribution in [1.82, 2.24) is 4.98 Å². The number of aromatic nitrogens is 1. The van der Waals surface area contributed by atoms with E-state index in [4.69, 9.17) is 9.31 Å². The van der Waals surface area contributed by atoms with E-state index in [2.05, 4.69) is 10.3 Å². The van der Waals surface area contributed by atoms with Gasteiger partial charge >= 0.3 is 7.12 Å². The lowest BCUT2D eigenvalue weighted by atomic mass is 9.80. The van der Waals surface area contributed by atoms with Crippen molar-refractivity contribution in [2.24, 2.45) is 0 Å². The predicted octanol–water partition coefficient (Wildman–Crippen LogP) is 1.42. The summed E-state index contributed by atoms with van der Waals surface area (Å²) in [5, 5.41) is 3.06. The molecule has 17 heavy (non-hydrogen) atoms. The van der Waals surface area contributed by atoms with Crippen molar-refractivity contribution < 1.29 is 9.31 Å². The molecule has 1 fully saturated rings. The average Bonchev–Trinajstić information content (AvgIpc) is 2.48. The minimum atomic E-state index is -0.346. The van der Waals surface area contributed by atoms with Crippen LogP contribution in [0.15, 0.2) is 18.5 Å². The molecule has 4 nitrogen and oxygen atoms in total. The molecule has 5 heteroatoms. The zero-order chi connectivity index (χ0) is 12.7. The van der Waals surface area contributed by atoms with Gasteiger partial charge in [-0.3, -0.25) is 4.98 Å². The van der Waals surface area contributed by atoms with E-state index in [0.717, 1.165) is 11.2 Å². The van der Waals surface area contributed by atoms with Gasteiger partial charge in [-0.25, -0.2) is 0 Å². The standard InChI is InChI=1S/C12H19BN2O2/c1-11(2)12(3,4)17-13(16-11)9-6-10(14-5)8-15-7-9/h6-8,14H,1-5H3. The molecule has 1 N–H and O–H groups in total. The Balaban J connectivity index is 2.25. The van der Waals surface area contributed by atoms with Crippen molar-refractivity contribution in [3.63, 3.8) is 0 Å². The molecule has 0 unspecified atom stereocenters. The van der Waals surface area contributed by atoms with Gasteiger partial charge in [-0.1, -0.05) is 0 Å². The molecule has 0 aromatic carbocycles. The lowest BCUT2D eigenvalue weighted by Crippen LogP contribution is -2.41. The summed E-state index contributed by atoms with van der Waals surface area (Å²) in [6.07, 6.45) is 3.55. The van der Waals surface area contributed by atoms with Gasteiger partial charge in [0.05, 0.1) is 16.9 Å². The summed E-state index contributed by atoms with van der Waals surface area (Å²) >= 11 is 0. The first-order valence-electron chi connectivity index (χ1n) is 5.84. The second kappa shape index (κ2) is 4.00. The van der Waals surface area contributed by atoms with Gasteiger partial charge in [-0.15, -0.1) is 0 Å². The normalized spacial score (nSPS) is 21.6. The molecule has 1 aliphatic heterocycles. The molecule has 0 bridgehead atoms. The van der Waals surface area contributed by atoms with Gasteiger partial charge in [0.1, 0.15) is 0 Å². The Kier molecular flexibility index (Phi) is 2.91. The van der Waals surface area contributed by atoms with Crippen LogP contribution in [0.25, 0.3) is 0 Å². The first kappa shape index (κ1) is 12.4. The second-order valence-electron chi connectivity index (χ2n) is 5.35. The molecule has 2 heterocycles. The van der Waals surface area contributed by atoms with E-state index in [-0.39, 0.29) is 18.3 Å². The van der Waals surface area contributed by atoms with E-state index in [1.807, 2.05) is 40.8 Å². The smallest absolute Gasteiger partial charge is 0.399 e. The molecule has 1 aliphatic rings. The molecule has 0 spiro atoms. The van der Waals surface area contributed by atoms with Crippen LogP contribution >= 0.6 is 0 Å². The number of nitrogens with one attached hydrogen (secondary N) is 1. The molecule has 1 aromatic heterocycles. The summed E-state index contributed by atoms with van der Waals surface area (Å²) in [7, 11) is 1.52. The Bertz CT molecular complexity index is 405. The van der Waals surface area contributed by atoms with Gasteiger partial charge in [0, 0.05) is 24.9 Å². The minimum Gasteiger partial charge on any atom is -0.399 e. The Hall–Kier alpha value is -1.07. The van der Waals surface area contributed by atoms with Gasteiger partial charge in [-0.2, -0.15) is 0 Å². The molecule has 0 radical (unpaired) electrons. The topological polar surface area (TPSA) is 43.4 Å². The summed E-state index contributed by atoms with van der Waals surface area (Å²) in [5.41, 5.74) is 1.27. The van der Waals surface area contributed by atoms with E-state index in [9.17, 15) is 0 Å². The Labute approximate surface area is 103 Å². The molecule has 1 aromatic rings. The number of hydrogen-bond acceptors (Lipinski definition) is 4. The molecule has 0 amide bonds. The molecular formula is C12H19BN2O2. The number of anilines is 1. The zero-order valence-corrected chi connectivity index (χ0v) is 11.1. The summed E-state index contributed by atoms with van der Waals surface area (Å²) in [4.78, 5) is 4.17. The Morgan fingerprint density at radius 3 is 2.24 bits per heavy atom. The van der Waals surface area contributed by atoms with Crippen molar-refractivity contribution >= 4 is 18.3 Å². The first-order valence-corrected chi connectivity index (χ1v) is 5.84. The predicted molar refractivity (Wildman–Crippen MR) is 69.5 cm³/mol. The van der Waals surface area contributed by atoms with E-state index in [1.165, 1.54) is 0 Å². The number of pyridine rings is 1. The van der Waals surface area contributed by atoms with Gasteiger partial charge in [-0.05, 0) is 33.8 Å². The number of nitrogens with zero attached hydrogens (tertiary/aromatic N) is 1. The monoisotopic (exact) mass is 234 g/mol. The molecule has 2 rings (SSSR count). The fourth-order valence-electron chi connectivity index (χ4n) is 1.70. The van der Waals surface area contributed by atoms with Crippen molar-refractivity contribution in [2.75, 3.05) is 12.4 Å². The largest absolute Gasteiger partial charge is 0.496 e. The van der Waals surface area contributed by atoms with E-state index in [1.54, 1.807) is 12.4 Å². The van der Waals surface area contributed by atoms with Crippen LogP contribution in [0.1, 0.15) is 27.7 Å². The highest BCUT2D eigenvalue weighted by atomic mass is 16.7. The minimum absolute atomic E-state index is 0.312. The lowest BCUT2D eigenvalue weighted by Gasteiger charge is -2.32. The fraction of sp³-hybridized carbons (Fsp3) is 0.583. The van der Waals surface area contributed by atoms with Crippen LogP contribution in [0.3, 0.4) is 0 Å². The third kappa shape index (κ3) is 2.17.